The largest absolute Gasteiger partial charge is 0.360 e. The van der Waals surface area contributed by atoms with Crippen LogP contribution in [0.15, 0.2) is 12.7 Å². The van der Waals surface area contributed by atoms with Crippen molar-refractivity contribution in [1.82, 2.24) is 4.90 Å². The Labute approximate surface area is 68.4 Å². The van der Waals surface area contributed by atoms with Crippen LogP contribution in [0.5, 0.6) is 0 Å². The van der Waals surface area contributed by atoms with E-state index in [2.05, 4.69) is 11.5 Å². The van der Waals surface area contributed by atoms with Crippen LogP contribution in [0.1, 0.15) is 19.8 Å². The summed E-state index contributed by atoms with van der Waals surface area (Å²) >= 11 is 0. The molecule has 0 aromatic carbocycles. The zero-order chi connectivity index (χ0) is 8.27. The maximum atomic E-state index is 7.75. The number of rotatable bonds is 2. The lowest BCUT2D eigenvalue weighted by Crippen LogP contribution is -2.30. The van der Waals surface area contributed by atoms with Crippen molar-refractivity contribution in [2.45, 2.75) is 19.8 Å². The van der Waals surface area contributed by atoms with Gasteiger partial charge in [0.1, 0.15) is 5.84 Å². The van der Waals surface area contributed by atoms with Crippen LogP contribution in [0.4, 0.5) is 0 Å². The van der Waals surface area contributed by atoms with E-state index in [1.807, 2.05) is 13.0 Å². The molecule has 0 aliphatic carbocycles. The topological polar surface area (TPSA) is 27.1 Å². The lowest BCUT2D eigenvalue weighted by Gasteiger charge is -2.21. The molecule has 0 amide bonds. The summed E-state index contributed by atoms with van der Waals surface area (Å²) in [4.78, 5) is 2.15. The van der Waals surface area contributed by atoms with Crippen LogP contribution in [0, 0.1) is 11.3 Å². The van der Waals surface area contributed by atoms with Crippen LogP contribution in [0.25, 0.3) is 0 Å². The number of likely N-dealkylation sites (tertiary alicyclic amines) is 1. The van der Waals surface area contributed by atoms with Crippen LogP contribution in [0.3, 0.4) is 0 Å². The third kappa shape index (κ3) is 1.82. The first kappa shape index (κ1) is 8.31. The first-order valence-corrected chi connectivity index (χ1v) is 4.21. The van der Waals surface area contributed by atoms with E-state index in [1.54, 1.807) is 0 Å². The molecule has 2 nitrogen and oxygen atoms in total. The number of hydrogen-bond donors (Lipinski definition) is 1. The van der Waals surface area contributed by atoms with Crippen molar-refractivity contribution < 1.29 is 0 Å². The molecule has 1 saturated heterocycles. The van der Waals surface area contributed by atoms with E-state index in [-0.39, 0.29) is 5.92 Å². The van der Waals surface area contributed by atoms with Gasteiger partial charge in [0.25, 0.3) is 0 Å². The minimum absolute atomic E-state index is 0.216. The number of amidine groups is 1. The molecule has 11 heavy (non-hydrogen) atoms. The van der Waals surface area contributed by atoms with Gasteiger partial charge in [0.05, 0.1) is 0 Å². The molecule has 0 aromatic heterocycles. The Bertz CT molecular complexity index is 157. The average Bonchev–Trinajstić information content (AvgIpc) is 2.53. The predicted molar refractivity (Wildman–Crippen MR) is 47.9 cm³/mol. The van der Waals surface area contributed by atoms with Crippen molar-refractivity contribution in [3.05, 3.63) is 12.7 Å². The molecule has 1 fully saturated rings. The van der Waals surface area contributed by atoms with Gasteiger partial charge in [0, 0.05) is 19.0 Å². The summed E-state index contributed by atoms with van der Waals surface area (Å²) in [6, 6.07) is 0. The van der Waals surface area contributed by atoms with Crippen molar-refractivity contribution in [1.29, 1.82) is 5.41 Å². The highest BCUT2D eigenvalue weighted by Crippen LogP contribution is 2.12. The van der Waals surface area contributed by atoms with Gasteiger partial charge >= 0.3 is 0 Å². The van der Waals surface area contributed by atoms with Crippen molar-refractivity contribution in [2.75, 3.05) is 13.1 Å². The SMILES string of the molecule is C=CC(C)C(=N)N1CCCC1. The van der Waals surface area contributed by atoms with E-state index in [0.29, 0.717) is 0 Å². The Morgan fingerprint density at radius 2 is 2.09 bits per heavy atom. The highest BCUT2D eigenvalue weighted by atomic mass is 15.2. The van der Waals surface area contributed by atoms with Gasteiger partial charge in [0.15, 0.2) is 0 Å². The Hall–Kier alpha value is -0.790. The van der Waals surface area contributed by atoms with E-state index in [0.717, 1.165) is 18.9 Å². The maximum Gasteiger partial charge on any atom is 0.102 e. The van der Waals surface area contributed by atoms with Crippen molar-refractivity contribution in [3.8, 4) is 0 Å². The highest BCUT2D eigenvalue weighted by molar-refractivity contribution is 5.83. The van der Waals surface area contributed by atoms with Gasteiger partial charge in [-0.3, -0.25) is 5.41 Å². The predicted octanol–water partition coefficient (Wildman–Crippen LogP) is 1.88. The molecular formula is C9H16N2. The molecule has 0 saturated carbocycles. The molecule has 1 unspecified atom stereocenters. The van der Waals surface area contributed by atoms with E-state index < -0.39 is 0 Å². The summed E-state index contributed by atoms with van der Waals surface area (Å²) in [7, 11) is 0. The Kier molecular flexibility index (Phi) is 2.69. The van der Waals surface area contributed by atoms with E-state index in [9.17, 15) is 0 Å². The molecule has 1 aliphatic rings. The Morgan fingerprint density at radius 1 is 1.55 bits per heavy atom. The molecule has 1 rings (SSSR count). The molecule has 0 radical (unpaired) electrons. The highest BCUT2D eigenvalue weighted by Gasteiger charge is 2.17. The molecule has 1 heterocycles. The molecular weight excluding hydrogens is 136 g/mol. The van der Waals surface area contributed by atoms with Crippen molar-refractivity contribution in [3.63, 3.8) is 0 Å². The second-order valence-corrected chi connectivity index (χ2v) is 3.10. The molecule has 0 bridgehead atoms. The fraction of sp³-hybridized carbons (Fsp3) is 0.667. The van der Waals surface area contributed by atoms with Crippen LogP contribution >= 0.6 is 0 Å². The minimum atomic E-state index is 0.216. The second kappa shape index (κ2) is 3.56. The molecule has 1 aliphatic heterocycles. The van der Waals surface area contributed by atoms with E-state index in [1.165, 1.54) is 12.8 Å². The molecule has 1 N–H and O–H groups in total. The first-order valence-electron chi connectivity index (χ1n) is 4.21. The Balaban J connectivity index is 2.45. The van der Waals surface area contributed by atoms with Gasteiger partial charge in [-0.05, 0) is 12.8 Å². The van der Waals surface area contributed by atoms with Gasteiger partial charge < -0.3 is 4.90 Å². The standard InChI is InChI=1S/C9H16N2/c1-3-8(2)9(10)11-6-4-5-7-11/h3,8,10H,1,4-7H2,2H3. The zero-order valence-electron chi connectivity index (χ0n) is 7.14. The molecule has 2 heteroatoms. The Morgan fingerprint density at radius 3 is 2.55 bits per heavy atom. The summed E-state index contributed by atoms with van der Waals surface area (Å²) in [5, 5.41) is 7.75. The van der Waals surface area contributed by atoms with Crippen LogP contribution < -0.4 is 0 Å². The van der Waals surface area contributed by atoms with Crippen molar-refractivity contribution >= 4 is 5.84 Å². The van der Waals surface area contributed by atoms with E-state index >= 15 is 0 Å². The van der Waals surface area contributed by atoms with Crippen LogP contribution in [0.2, 0.25) is 0 Å². The first-order chi connectivity index (χ1) is 5.25. The summed E-state index contributed by atoms with van der Waals surface area (Å²) in [6.07, 6.45) is 4.32. The van der Waals surface area contributed by atoms with Gasteiger partial charge in [-0.25, -0.2) is 0 Å². The van der Waals surface area contributed by atoms with E-state index in [4.69, 9.17) is 5.41 Å². The van der Waals surface area contributed by atoms with Crippen molar-refractivity contribution in [2.24, 2.45) is 5.92 Å². The van der Waals surface area contributed by atoms with Crippen LogP contribution in [-0.4, -0.2) is 23.8 Å². The smallest absolute Gasteiger partial charge is 0.102 e. The summed E-state index contributed by atoms with van der Waals surface area (Å²) in [6.45, 7) is 7.84. The maximum absolute atomic E-state index is 7.75. The minimum Gasteiger partial charge on any atom is -0.360 e. The lowest BCUT2D eigenvalue weighted by molar-refractivity contribution is 0.492. The number of nitrogens with zero attached hydrogens (tertiary/aromatic N) is 1. The summed E-state index contributed by atoms with van der Waals surface area (Å²) in [5.41, 5.74) is 0. The number of hydrogen-bond acceptors (Lipinski definition) is 1. The zero-order valence-corrected chi connectivity index (χ0v) is 7.14. The monoisotopic (exact) mass is 152 g/mol. The van der Waals surface area contributed by atoms with Gasteiger partial charge in [-0.2, -0.15) is 0 Å². The van der Waals surface area contributed by atoms with Crippen LogP contribution in [-0.2, 0) is 0 Å². The molecule has 1 atom stereocenters. The second-order valence-electron chi connectivity index (χ2n) is 3.10. The summed E-state index contributed by atoms with van der Waals surface area (Å²) in [5.74, 6) is 0.950. The number of nitrogens with one attached hydrogen (secondary N) is 1. The quantitative estimate of drug-likeness (QED) is 0.365. The third-order valence-electron chi connectivity index (χ3n) is 2.23. The normalized spacial score (nSPS) is 19.9. The van der Waals surface area contributed by atoms with Gasteiger partial charge in [-0.15, -0.1) is 6.58 Å². The fourth-order valence-corrected chi connectivity index (χ4v) is 1.36. The van der Waals surface area contributed by atoms with Gasteiger partial charge in [0.2, 0.25) is 0 Å². The summed E-state index contributed by atoms with van der Waals surface area (Å²) < 4.78 is 0. The molecule has 0 spiro atoms. The molecule has 62 valence electrons. The third-order valence-corrected chi connectivity index (χ3v) is 2.23. The van der Waals surface area contributed by atoms with Gasteiger partial charge in [-0.1, -0.05) is 13.0 Å². The molecule has 0 aromatic rings. The average molecular weight is 152 g/mol. The lowest BCUT2D eigenvalue weighted by atomic mass is 10.1. The fourth-order valence-electron chi connectivity index (χ4n) is 1.36.